The highest BCUT2D eigenvalue weighted by molar-refractivity contribution is 6.10. The molecular formula is C23H28N2O. The average molecular weight is 348 g/mol. The summed E-state index contributed by atoms with van der Waals surface area (Å²) in [6.07, 6.45) is 13.2. The van der Waals surface area contributed by atoms with Gasteiger partial charge in [0, 0.05) is 17.0 Å². The van der Waals surface area contributed by atoms with Crippen LogP contribution >= 0.6 is 0 Å². The Morgan fingerprint density at radius 1 is 1.08 bits per heavy atom. The molecule has 136 valence electrons. The smallest absolute Gasteiger partial charge is 0.184 e. The summed E-state index contributed by atoms with van der Waals surface area (Å²) < 4.78 is 0. The minimum atomic E-state index is 0.0787. The third-order valence-corrected chi connectivity index (χ3v) is 4.11. The van der Waals surface area contributed by atoms with E-state index in [4.69, 9.17) is 11.5 Å². The average Bonchev–Trinajstić information content (AvgIpc) is 2.79. The summed E-state index contributed by atoms with van der Waals surface area (Å²) in [5, 5.41) is 0. The first-order chi connectivity index (χ1) is 12.3. The molecule has 0 unspecified atom stereocenters. The van der Waals surface area contributed by atoms with Gasteiger partial charge in [0.05, 0.1) is 0 Å². The van der Waals surface area contributed by atoms with Crippen molar-refractivity contribution in [1.82, 2.24) is 0 Å². The van der Waals surface area contributed by atoms with Crippen LogP contribution in [0.25, 0.3) is 6.08 Å². The summed E-state index contributed by atoms with van der Waals surface area (Å²) in [4.78, 5) is 13.0. The molecule has 3 nitrogen and oxygen atoms in total. The molecule has 0 bridgehead atoms. The molecular weight excluding hydrogens is 320 g/mol. The molecule has 0 amide bonds. The molecule has 0 saturated carbocycles. The lowest BCUT2D eigenvalue weighted by atomic mass is 9.93. The van der Waals surface area contributed by atoms with Gasteiger partial charge in [0.25, 0.3) is 0 Å². The third kappa shape index (κ3) is 5.92. The van der Waals surface area contributed by atoms with E-state index in [0.29, 0.717) is 5.92 Å². The molecule has 1 aliphatic rings. The Kier molecular flexibility index (Phi) is 6.79. The van der Waals surface area contributed by atoms with E-state index in [2.05, 4.69) is 19.9 Å². The summed E-state index contributed by atoms with van der Waals surface area (Å²) in [5.74, 6) is 0.475. The Balaban J connectivity index is 2.28. The molecule has 0 spiro atoms. The van der Waals surface area contributed by atoms with E-state index in [0.717, 1.165) is 46.5 Å². The quantitative estimate of drug-likeness (QED) is 0.565. The molecule has 0 aromatic heterocycles. The highest BCUT2D eigenvalue weighted by atomic mass is 16.1. The number of ketones is 1. The van der Waals surface area contributed by atoms with Gasteiger partial charge >= 0.3 is 0 Å². The zero-order valence-corrected chi connectivity index (χ0v) is 15.8. The lowest BCUT2D eigenvalue weighted by molar-refractivity contribution is -0.112. The Hall–Kier alpha value is -2.81. The number of carbonyl (C=O) groups excluding carboxylic acids is 1. The molecule has 0 radical (unpaired) electrons. The van der Waals surface area contributed by atoms with E-state index >= 15 is 0 Å². The lowest BCUT2D eigenvalue weighted by Gasteiger charge is -2.11. The summed E-state index contributed by atoms with van der Waals surface area (Å²) in [7, 11) is 0. The normalized spacial score (nSPS) is 15.5. The van der Waals surface area contributed by atoms with Crippen LogP contribution in [0.1, 0.15) is 39.2 Å². The fourth-order valence-corrected chi connectivity index (χ4v) is 2.79. The Bertz CT molecular complexity index is 803. The Morgan fingerprint density at radius 2 is 1.77 bits per heavy atom. The number of carbonyl (C=O) groups is 1. The van der Waals surface area contributed by atoms with Gasteiger partial charge in [-0.15, -0.1) is 0 Å². The van der Waals surface area contributed by atoms with Crippen molar-refractivity contribution in [3.05, 3.63) is 82.6 Å². The van der Waals surface area contributed by atoms with Crippen molar-refractivity contribution < 1.29 is 4.79 Å². The van der Waals surface area contributed by atoms with Gasteiger partial charge in [0.2, 0.25) is 0 Å². The van der Waals surface area contributed by atoms with Crippen LogP contribution < -0.4 is 11.5 Å². The van der Waals surface area contributed by atoms with Gasteiger partial charge in [-0.05, 0) is 72.8 Å². The lowest BCUT2D eigenvalue weighted by Crippen LogP contribution is -2.07. The Morgan fingerprint density at radius 3 is 2.42 bits per heavy atom. The summed E-state index contributed by atoms with van der Waals surface area (Å²) in [6.45, 7) is 6.11. The van der Waals surface area contributed by atoms with Crippen molar-refractivity contribution in [2.45, 2.75) is 33.6 Å². The number of hydrogen-bond donors (Lipinski definition) is 2. The minimum Gasteiger partial charge on any atom is -0.399 e. The van der Waals surface area contributed by atoms with Crippen LogP contribution in [0, 0.1) is 5.92 Å². The maximum Gasteiger partial charge on any atom is 0.184 e. The molecule has 0 heterocycles. The van der Waals surface area contributed by atoms with Gasteiger partial charge in [-0.3, -0.25) is 4.79 Å². The van der Waals surface area contributed by atoms with E-state index < -0.39 is 0 Å². The second-order valence-corrected chi connectivity index (χ2v) is 7.07. The van der Waals surface area contributed by atoms with E-state index in [-0.39, 0.29) is 5.78 Å². The number of allylic oxidation sites excluding steroid dienone is 8. The first-order valence-corrected chi connectivity index (χ1v) is 8.98. The van der Waals surface area contributed by atoms with Crippen LogP contribution in [-0.4, -0.2) is 5.78 Å². The number of nitrogen functional groups attached to an aromatic ring is 1. The van der Waals surface area contributed by atoms with Gasteiger partial charge in [-0.1, -0.05) is 44.2 Å². The van der Waals surface area contributed by atoms with Crippen LogP contribution in [-0.2, 0) is 4.79 Å². The second-order valence-electron chi connectivity index (χ2n) is 7.07. The highest BCUT2D eigenvalue weighted by Crippen LogP contribution is 2.21. The fourth-order valence-electron chi connectivity index (χ4n) is 2.79. The SMILES string of the molecule is C/C(=C\C1=CCC=C(N)C=C1)C(=O)/C(=C/c1ccc(N)cc1)CC(C)C. The van der Waals surface area contributed by atoms with Crippen LogP contribution in [0.15, 0.2) is 77.1 Å². The highest BCUT2D eigenvalue weighted by Gasteiger charge is 2.14. The summed E-state index contributed by atoms with van der Waals surface area (Å²) in [5.41, 5.74) is 16.6. The zero-order valence-electron chi connectivity index (χ0n) is 15.8. The molecule has 1 aliphatic carbocycles. The van der Waals surface area contributed by atoms with Crippen molar-refractivity contribution in [1.29, 1.82) is 0 Å². The van der Waals surface area contributed by atoms with Crippen LogP contribution in [0.4, 0.5) is 5.69 Å². The van der Waals surface area contributed by atoms with Crippen molar-refractivity contribution in [3.8, 4) is 0 Å². The molecule has 0 aliphatic heterocycles. The molecule has 3 heteroatoms. The predicted molar refractivity (Wildman–Crippen MR) is 111 cm³/mol. The summed E-state index contributed by atoms with van der Waals surface area (Å²) in [6, 6.07) is 7.58. The van der Waals surface area contributed by atoms with Gasteiger partial charge in [-0.2, -0.15) is 0 Å². The van der Waals surface area contributed by atoms with E-state index in [1.54, 1.807) is 0 Å². The molecule has 2 rings (SSSR count). The number of rotatable bonds is 6. The van der Waals surface area contributed by atoms with Crippen molar-refractivity contribution >= 4 is 17.5 Å². The number of benzene rings is 1. The number of anilines is 1. The van der Waals surface area contributed by atoms with Gasteiger partial charge < -0.3 is 11.5 Å². The minimum absolute atomic E-state index is 0.0787. The van der Waals surface area contributed by atoms with E-state index in [1.165, 1.54) is 0 Å². The topological polar surface area (TPSA) is 69.1 Å². The van der Waals surface area contributed by atoms with Crippen LogP contribution in [0.5, 0.6) is 0 Å². The molecule has 0 atom stereocenters. The molecule has 0 fully saturated rings. The second kappa shape index (κ2) is 9.04. The van der Waals surface area contributed by atoms with E-state index in [1.807, 2.05) is 61.6 Å². The standard InChI is InChI=1S/C23H28N2O/c1-16(2)13-20(15-19-8-11-22(25)12-9-19)23(26)17(3)14-18-5-4-6-21(24)10-7-18/h5-12,14-16H,4,13,24-25H2,1-3H3/b17-14+,20-15+. The first-order valence-electron chi connectivity index (χ1n) is 8.98. The Labute approximate surface area is 156 Å². The third-order valence-electron chi connectivity index (χ3n) is 4.11. The van der Waals surface area contributed by atoms with Crippen molar-refractivity contribution in [2.24, 2.45) is 11.7 Å². The molecule has 1 aromatic carbocycles. The number of nitrogens with two attached hydrogens (primary N) is 2. The van der Waals surface area contributed by atoms with Crippen LogP contribution in [0.2, 0.25) is 0 Å². The molecule has 4 N–H and O–H groups in total. The molecule has 0 saturated heterocycles. The largest absolute Gasteiger partial charge is 0.399 e. The maximum atomic E-state index is 13.0. The number of hydrogen-bond acceptors (Lipinski definition) is 3. The summed E-state index contributed by atoms with van der Waals surface area (Å²) >= 11 is 0. The van der Waals surface area contributed by atoms with Gasteiger partial charge in [0.1, 0.15) is 0 Å². The fraction of sp³-hybridized carbons (Fsp3) is 0.261. The molecule has 26 heavy (non-hydrogen) atoms. The van der Waals surface area contributed by atoms with Gasteiger partial charge in [0.15, 0.2) is 5.78 Å². The predicted octanol–water partition coefficient (Wildman–Crippen LogP) is 4.94. The monoisotopic (exact) mass is 348 g/mol. The zero-order chi connectivity index (χ0) is 19.1. The first kappa shape index (κ1) is 19.5. The van der Waals surface area contributed by atoms with Crippen molar-refractivity contribution in [2.75, 3.05) is 5.73 Å². The van der Waals surface area contributed by atoms with E-state index in [9.17, 15) is 4.79 Å². The molecule has 1 aromatic rings. The van der Waals surface area contributed by atoms with Gasteiger partial charge in [-0.25, -0.2) is 0 Å². The van der Waals surface area contributed by atoms with Crippen molar-refractivity contribution in [3.63, 3.8) is 0 Å². The maximum absolute atomic E-state index is 13.0. The van der Waals surface area contributed by atoms with Crippen LogP contribution in [0.3, 0.4) is 0 Å². The number of Topliss-reactive ketones (excluding diaryl/α,β-unsaturated/α-hetero) is 1.